The van der Waals surface area contributed by atoms with E-state index in [2.05, 4.69) is 48.5 Å². The van der Waals surface area contributed by atoms with Crippen LogP contribution in [0.1, 0.15) is 382 Å². The molecular weight excluding hydrogens is 1230 g/mol. The molecule has 0 aliphatic carbocycles. The van der Waals surface area contributed by atoms with Gasteiger partial charge in [0.1, 0.15) is 19.3 Å². The molecule has 0 fully saturated rings. The maximum absolute atomic E-state index is 13.1. The van der Waals surface area contributed by atoms with Gasteiger partial charge in [0.2, 0.25) is 0 Å². The van der Waals surface area contributed by atoms with E-state index in [4.69, 9.17) is 37.0 Å². The van der Waals surface area contributed by atoms with Gasteiger partial charge in [-0.3, -0.25) is 37.3 Å². The molecule has 0 aromatic heterocycles. The highest BCUT2D eigenvalue weighted by Crippen LogP contribution is 2.45. The van der Waals surface area contributed by atoms with E-state index in [0.717, 1.165) is 108 Å². The van der Waals surface area contributed by atoms with Crippen LogP contribution in [0.5, 0.6) is 0 Å². The van der Waals surface area contributed by atoms with E-state index < -0.39 is 97.5 Å². The Morgan fingerprint density at radius 1 is 0.287 bits per heavy atom. The maximum Gasteiger partial charge on any atom is 0.472 e. The quantitative estimate of drug-likeness (QED) is 0.0222. The molecule has 0 bridgehead atoms. The molecule has 3 N–H and O–H groups in total. The lowest BCUT2D eigenvalue weighted by atomic mass is 10.0. The lowest BCUT2D eigenvalue weighted by Crippen LogP contribution is -2.30. The molecule has 0 rings (SSSR count). The van der Waals surface area contributed by atoms with E-state index >= 15 is 0 Å². The standard InChI is InChI=1S/C75H146O17P2/c1-8-9-10-11-12-13-14-15-16-17-18-19-20-21-28-37-44-51-58-74(79)91-70(62-85-72(77)56-49-42-35-27-23-22-25-32-39-46-53-66(2)3)64-89-93(81,82)87-60-69(76)61-88-94(83,84)90-65-71(63-86-73(78)57-50-43-36-31-30-34-41-48-55-68(6)7)92-75(80)59-52-45-38-29-24-26-33-40-47-54-67(4)5/h66-71,76H,8-65H2,1-7H3,(H,81,82)(H,83,84)/t69-,70-,71-/m1/s1. The van der Waals surface area contributed by atoms with Crippen molar-refractivity contribution in [3.05, 3.63) is 0 Å². The van der Waals surface area contributed by atoms with Gasteiger partial charge in [-0.15, -0.1) is 0 Å². The van der Waals surface area contributed by atoms with Crippen molar-refractivity contribution in [1.82, 2.24) is 0 Å². The Bertz CT molecular complexity index is 1840. The molecule has 0 heterocycles. The van der Waals surface area contributed by atoms with Gasteiger partial charge in [-0.05, 0) is 43.4 Å². The predicted octanol–water partition coefficient (Wildman–Crippen LogP) is 21.8. The van der Waals surface area contributed by atoms with E-state index in [-0.39, 0.29) is 25.7 Å². The lowest BCUT2D eigenvalue weighted by Gasteiger charge is -2.21. The van der Waals surface area contributed by atoms with Crippen LogP contribution in [0.4, 0.5) is 0 Å². The molecule has 2 unspecified atom stereocenters. The summed E-state index contributed by atoms with van der Waals surface area (Å²) in [5.41, 5.74) is 0. The fourth-order valence-electron chi connectivity index (χ4n) is 11.4. The minimum atomic E-state index is -4.96. The molecule has 0 amide bonds. The Labute approximate surface area is 575 Å². The van der Waals surface area contributed by atoms with Crippen LogP contribution in [-0.2, 0) is 65.4 Å². The summed E-state index contributed by atoms with van der Waals surface area (Å²) in [4.78, 5) is 72.8. The number of hydrogen-bond acceptors (Lipinski definition) is 15. The van der Waals surface area contributed by atoms with Gasteiger partial charge in [-0.1, -0.05) is 331 Å². The van der Waals surface area contributed by atoms with Crippen molar-refractivity contribution in [2.45, 2.75) is 401 Å². The molecule has 0 radical (unpaired) electrons. The monoisotopic (exact) mass is 1380 g/mol. The molecule has 0 aromatic carbocycles. The van der Waals surface area contributed by atoms with Crippen molar-refractivity contribution in [1.29, 1.82) is 0 Å². The van der Waals surface area contributed by atoms with Crippen LogP contribution in [0.2, 0.25) is 0 Å². The molecule has 0 saturated heterocycles. The zero-order valence-electron chi connectivity index (χ0n) is 61.4. The van der Waals surface area contributed by atoms with Crippen LogP contribution in [0.25, 0.3) is 0 Å². The first kappa shape index (κ1) is 92.1. The summed E-state index contributed by atoms with van der Waals surface area (Å²) in [6.45, 7) is 11.8. The van der Waals surface area contributed by atoms with Gasteiger partial charge in [-0.2, -0.15) is 0 Å². The molecule has 0 aliphatic heterocycles. The minimum absolute atomic E-state index is 0.105. The fourth-order valence-corrected chi connectivity index (χ4v) is 13.0. The molecule has 5 atom stereocenters. The normalized spacial score (nSPS) is 14.1. The van der Waals surface area contributed by atoms with Gasteiger partial charge >= 0.3 is 39.5 Å². The van der Waals surface area contributed by atoms with E-state index in [9.17, 15) is 43.2 Å². The second kappa shape index (κ2) is 65.7. The summed E-state index contributed by atoms with van der Waals surface area (Å²) in [7, 11) is -9.91. The Balaban J connectivity index is 5.24. The number of ether oxygens (including phenoxy) is 4. The van der Waals surface area contributed by atoms with Gasteiger partial charge in [0.25, 0.3) is 0 Å². The summed E-state index contributed by atoms with van der Waals surface area (Å²) in [5.74, 6) is 0.101. The molecule has 0 aromatic rings. The topological polar surface area (TPSA) is 237 Å². The molecule has 0 spiro atoms. The second-order valence-electron chi connectivity index (χ2n) is 28.5. The zero-order chi connectivity index (χ0) is 69.4. The van der Waals surface area contributed by atoms with Gasteiger partial charge in [0.05, 0.1) is 26.4 Å². The number of phosphoric acid groups is 2. The smallest absolute Gasteiger partial charge is 0.462 e. The Hall–Kier alpha value is -1.94. The number of aliphatic hydroxyl groups is 1. The van der Waals surface area contributed by atoms with Crippen LogP contribution in [0.3, 0.4) is 0 Å². The number of aliphatic hydroxyl groups excluding tert-OH is 1. The first-order valence-corrected chi connectivity index (χ1v) is 41.8. The van der Waals surface area contributed by atoms with E-state index in [1.807, 2.05) is 0 Å². The van der Waals surface area contributed by atoms with E-state index in [0.29, 0.717) is 25.7 Å². The summed E-state index contributed by atoms with van der Waals surface area (Å²) in [6, 6.07) is 0. The number of unbranched alkanes of at least 4 members (excludes halogenated alkanes) is 41. The van der Waals surface area contributed by atoms with E-state index in [1.165, 1.54) is 193 Å². The number of carbonyl (C=O) groups excluding carboxylic acids is 4. The maximum atomic E-state index is 13.1. The predicted molar refractivity (Wildman–Crippen MR) is 381 cm³/mol. The van der Waals surface area contributed by atoms with Crippen molar-refractivity contribution in [2.75, 3.05) is 39.6 Å². The molecule has 94 heavy (non-hydrogen) atoms. The largest absolute Gasteiger partial charge is 0.472 e. The number of hydrogen-bond donors (Lipinski definition) is 3. The molecule has 19 heteroatoms. The first-order chi connectivity index (χ1) is 45.2. The Morgan fingerprint density at radius 2 is 0.489 bits per heavy atom. The third kappa shape index (κ3) is 68.6. The lowest BCUT2D eigenvalue weighted by molar-refractivity contribution is -0.161. The zero-order valence-corrected chi connectivity index (χ0v) is 63.2. The minimum Gasteiger partial charge on any atom is -0.462 e. The highest BCUT2D eigenvalue weighted by Gasteiger charge is 2.30. The third-order valence-electron chi connectivity index (χ3n) is 17.4. The number of phosphoric ester groups is 2. The van der Waals surface area contributed by atoms with Crippen LogP contribution in [-0.4, -0.2) is 96.7 Å². The van der Waals surface area contributed by atoms with Crippen LogP contribution in [0.15, 0.2) is 0 Å². The number of carbonyl (C=O) groups is 4. The van der Waals surface area contributed by atoms with Crippen molar-refractivity contribution < 1.29 is 80.2 Å². The molecule has 0 aliphatic rings. The average molecular weight is 1380 g/mol. The fraction of sp³-hybridized carbons (Fsp3) is 0.947. The molecule has 17 nitrogen and oxygen atoms in total. The first-order valence-electron chi connectivity index (χ1n) is 38.8. The number of esters is 4. The highest BCUT2D eigenvalue weighted by atomic mass is 31.2. The molecule has 558 valence electrons. The second-order valence-corrected chi connectivity index (χ2v) is 31.4. The summed E-state index contributed by atoms with van der Waals surface area (Å²) in [6.07, 6.45) is 51.4. The third-order valence-corrected chi connectivity index (χ3v) is 19.3. The summed E-state index contributed by atoms with van der Waals surface area (Å²) >= 11 is 0. The molecular formula is C75H146O17P2. The van der Waals surface area contributed by atoms with Crippen molar-refractivity contribution >= 4 is 39.5 Å². The average Bonchev–Trinajstić information content (AvgIpc) is 1.13. The summed E-state index contributed by atoms with van der Waals surface area (Å²) in [5, 5.41) is 10.6. The van der Waals surface area contributed by atoms with Crippen molar-refractivity contribution in [2.24, 2.45) is 17.8 Å². The van der Waals surface area contributed by atoms with Gasteiger partial charge in [0.15, 0.2) is 12.2 Å². The van der Waals surface area contributed by atoms with Gasteiger partial charge < -0.3 is 33.8 Å². The van der Waals surface area contributed by atoms with E-state index in [1.54, 1.807) is 0 Å². The van der Waals surface area contributed by atoms with Crippen molar-refractivity contribution in [3.63, 3.8) is 0 Å². The number of rotatable bonds is 73. The highest BCUT2D eigenvalue weighted by molar-refractivity contribution is 7.47. The Morgan fingerprint density at radius 3 is 0.723 bits per heavy atom. The van der Waals surface area contributed by atoms with Crippen LogP contribution in [0, 0.1) is 17.8 Å². The summed E-state index contributed by atoms with van der Waals surface area (Å²) < 4.78 is 68.5. The Kier molecular flexibility index (Phi) is 64.3. The van der Waals surface area contributed by atoms with Gasteiger partial charge in [-0.25, -0.2) is 9.13 Å². The molecule has 0 saturated carbocycles. The van der Waals surface area contributed by atoms with Crippen LogP contribution < -0.4 is 0 Å². The van der Waals surface area contributed by atoms with Crippen molar-refractivity contribution in [3.8, 4) is 0 Å². The SMILES string of the molecule is CCCCCCCCCCCCCCCCCCCCC(=O)O[C@H](COC(=O)CCCCCCCCCCCCC(C)C)COP(=O)(O)OC[C@@H](O)COP(=O)(O)OC[C@@H](COC(=O)CCCCCCCCCCC(C)C)OC(=O)CCCCCCCCCCCC(C)C. The van der Waals surface area contributed by atoms with Gasteiger partial charge in [0, 0.05) is 25.7 Å². The van der Waals surface area contributed by atoms with Crippen LogP contribution >= 0.6 is 15.6 Å².